The van der Waals surface area contributed by atoms with E-state index in [-0.39, 0.29) is 70.8 Å². The van der Waals surface area contributed by atoms with Crippen molar-refractivity contribution in [3.63, 3.8) is 0 Å². The van der Waals surface area contributed by atoms with Crippen LogP contribution in [0, 0.1) is 5.41 Å². The van der Waals surface area contributed by atoms with E-state index in [2.05, 4.69) is 15.3 Å². The summed E-state index contributed by atoms with van der Waals surface area (Å²) in [5, 5.41) is 56.5. The molecule has 0 radical (unpaired) electrons. The highest BCUT2D eigenvalue weighted by atomic mass is 16.7. The number of amidine groups is 1. The number of ether oxygens (including phenoxy) is 3. The molecule has 1 spiro atoms. The molecule has 2 bridgehead atoms. The summed E-state index contributed by atoms with van der Waals surface area (Å²) >= 11 is 0. The summed E-state index contributed by atoms with van der Waals surface area (Å²) in [7, 11) is 0. The first-order valence-corrected chi connectivity index (χ1v) is 18.2. The Hall–Kier alpha value is -5.16. The van der Waals surface area contributed by atoms with Gasteiger partial charge in [-0.05, 0) is 31.4 Å². The number of nitrogens with zero attached hydrogens (tertiary/aromatic N) is 2. The van der Waals surface area contributed by atoms with E-state index in [1.54, 1.807) is 18.2 Å². The fraction of sp³-hybridized carbons (Fsp3) is 0.385. The zero-order valence-corrected chi connectivity index (χ0v) is 28.9. The monoisotopic (exact) mass is 736 g/mol. The number of fused-ring (bicyclic) bond motifs is 7. The lowest BCUT2D eigenvalue weighted by Gasteiger charge is -2.50. The molecule has 1 unspecified atom stereocenters. The maximum absolute atomic E-state index is 14.1. The summed E-state index contributed by atoms with van der Waals surface area (Å²) in [5.41, 5.74) is 0.602. The average molecular weight is 737 g/mol. The first-order chi connectivity index (χ1) is 26.1. The van der Waals surface area contributed by atoms with Gasteiger partial charge in [0.15, 0.2) is 29.7 Å². The number of phenolic OH excluding ortho intramolecular Hbond substituents is 1. The number of quaternary nitrogens is 1. The summed E-state index contributed by atoms with van der Waals surface area (Å²) in [6.07, 6.45) is -4.03. The van der Waals surface area contributed by atoms with Gasteiger partial charge in [-0.1, -0.05) is 61.7 Å². The van der Waals surface area contributed by atoms with E-state index in [0.717, 1.165) is 19.3 Å². The summed E-state index contributed by atoms with van der Waals surface area (Å²) in [6.45, 7) is 0.188. The normalized spacial score (nSPS) is 30.1. The second-order valence-corrected chi connectivity index (χ2v) is 14.6. The van der Waals surface area contributed by atoms with Crippen molar-refractivity contribution in [3.8, 4) is 11.5 Å². The zero-order valence-electron chi connectivity index (χ0n) is 28.9. The third kappa shape index (κ3) is 5.26. The lowest BCUT2D eigenvalue weighted by molar-refractivity contribution is -0.723. The number of hydrogen-bond acceptors (Lipinski definition) is 12. The second kappa shape index (κ2) is 13.0. The molecule has 0 aromatic heterocycles. The van der Waals surface area contributed by atoms with Crippen LogP contribution in [-0.2, 0) is 14.3 Å². The van der Waals surface area contributed by atoms with Crippen LogP contribution < -0.4 is 15.0 Å². The van der Waals surface area contributed by atoms with Gasteiger partial charge in [-0.3, -0.25) is 25.1 Å². The van der Waals surface area contributed by atoms with E-state index in [9.17, 15) is 34.8 Å². The Bertz CT molecular complexity index is 2200. The predicted molar refractivity (Wildman–Crippen MR) is 190 cm³/mol. The molecular weight excluding hydrogens is 698 g/mol. The SMILES string of the molecule is N=C1N=C2C(=NC[NH+]2c2ccccc2[C@@H]2CCOC3(CCCCC3)[C@@H]3O[C@H](Oc4c2cc2c(c4O)C(=O)c4ccccc4C2=O)[C@@H](O)[C@H](O)[C@H]3O)C(=O)N1. The molecule has 1 saturated carbocycles. The molecule has 3 aromatic rings. The van der Waals surface area contributed by atoms with Crippen LogP contribution in [-0.4, -0.2) is 105 Å². The average Bonchev–Trinajstić information content (AvgIpc) is 3.60. The van der Waals surface area contributed by atoms with Crippen LogP contribution in [0.1, 0.15) is 87.4 Å². The molecule has 2 aliphatic carbocycles. The van der Waals surface area contributed by atoms with Crippen LogP contribution >= 0.6 is 0 Å². The number of carbonyl (C=O) groups is 3. The van der Waals surface area contributed by atoms with E-state index < -0.39 is 65.4 Å². The third-order valence-electron chi connectivity index (χ3n) is 11.6. The number of ketones is 2. The number of carbonyl (C=O) groups excluding carboxylic acids is 3. The van der Waals surface area contributed by atoms with Gasteiger partial charge in [-0.2, -0.15) is 4.99 Å². The van der Waals surface area contributed by atoms with Crippen LogP contribution in [0.15, 0.2) is 64.6 Å². The van der Waals surface area contributed by atoms with Crippen LogP contribution in [0.4, 0.5) is 5.69 Å². The number of rotatable bonds is 2. The maximum atomic E-state index is 14.1. The number of amides is 1. The molecule has 3 aromatic carbocycles. The first kappa shape index (κ1) is 34.6. The molecule has 2 fully saturated rings. The minimum atomic E-state index is -1.78. The topological polar surface area (TPSA) is 225 Å². The Kier molecular flexibility index (Phi) is 8.33. The Labute approximate surface area is 308 Å². The van der Waals surface area contributed by atoms with Gasteiger partial charge in [-0.15, -0.1) is 0 Å². The quantitative estimate of drug-likeness (QED) is 0.155. The fourth-order valence-corrected chi connectivity index (χ4v) is 8.98. The number of benzene rings is 3. The number of nitrogens with one attached hydrogen (secondary N) is 3. The summed E-state index contributed by atoms with van der Waals surface area (Å²) < 4.78 is 19.5. The van der Waals surface area contributed by atoms with Crippen molar-refractivity contribution in [2.24, 2.45) is 9.98 Å². The van der Waals surface area contributed by atoms with E-state index in [4.69, 9.17) is 19.6 Å². The molecule has 9 rings (SSSR count). The lowest BCUT2D eigenvalue weighted by atomic mass is 9.76. The van der Waals surface area contributed by atoms with Crippen molar-refractivity contribution >= 4 is 40.7 Å². The van der Waals surface area contributed by atoms with Gasteiger partial charge in [0.05, 0.1) is 11.2 Å². The second-order valence-electron chi connectivity index (χ2n) is 14.6. The molecule has 4 heterocycles. The molecule has 1 saturated heterocycles. The molecular formula is C39H38N5O10+. The van der Waals surface area contributed by atoms with Crippen molar-refractivity contribution in [1.82, 2.24) is 5.32 Å². The zero-order chi connectivity index (χ0) is 37.5. The number of phenols is 1. The van der Waals surface area contributed by atoms with Crippen LogP contribution in [0.2, 0.25) is 0 Å². The van der Waals surface area contributed by atoms with Crippen LogP contribution in [0.3, 0.4) is 0 Å². The van der Waals surface area contributed by atoms with Crippen molar-refractivity contribution in [2.75, 3.05) is 13.3 Å². The minimum absolute atomic E-state index is 0.0417. The predicted octanol–water partition coefficient (Wildman–Crippen LogP) is 1.00. The van der Waals surface area contributed by atoms with Gasteiger partial charge in [0.2, 0.25) is 18.0 Å². The summed E-state index contributed by atoms with van der Waals surface area (Å²) in [4.78, 5) is 50.2. The Morgan fingerprint density at radius 2 is 1.59 bits per heavy atom. The molecule has 1 amide bonds. The highest BCUT2D eigenvalue weighted by Gasteiger charge is 2.55. The van der Waals surface area contributed by atoms with Crippen molar-refractivity contribution < 1.29 is 53.9 Å². The highest BCUT2D eigenvalue weighted by molar-refractivity contribution is 6.68. The standard InChI is InChI=1S/C39H37N5O10/c40-38-42-35-26(36(51)43-38)41-17-44(35)24-11-5-4-8-19(24)18-12-15-52-39(13-6-1-7-14-39)34-31(49)30(48)32(50)37(54-34)53-33-22(18)16-23-25(29(33)47)28(46)21-10-3-2-9-20(21)27(23)45/h2-5,8-11,16,18,30-32,34,37,47-50H,1,6-7,12-15,17H2,(H2,40,43,51)/p+1/t18-,30+,31+,32-,34+,37-/m0/s1. The maximum Gasteiger partial charge on any atom is 0.284 e. The molecule has 15 nitrogen and oxygen atoms in total. The number of guanidine groups is 1. The van der Waals surface area contributed by atoms with Gasteiger partial charge >= 0.3 is 0 Å². The van der Waals surface area contributed by atoms with Gasteiger partial charge in [0.25, 0.3) is 11.7 Å². The number of aliphatic imine (C=N–C) groups is 2. The molecule has 15 heteroatoms. The lowest BCUT2D eigenvalue weighted by Crippen LogP contribution is -3.09. The van der Waals surface area contributed by atoms with Gasteiger partial charge in [-0.25, -0.2) is 9.89 Å². The van der Waals surface area contributed by atoms with Crippen molar-refractivity contribution in [2.45, 2.75) is 80.7 Å². The Balaban J connectivity index is 1.25. The molecule has 6 aliphatic rings. The van der Waals surface area contributed by atoms with Crippen LogP contribution in [0.25, 0.3) is 0 Å². The summed E-state index contributed by atoms with van der Waals surface area (Å²) in [6, 6.07) is 15.2. The number of aromatic hydroxyl groups is 1. The van der Waals surface area contributed by atoms with Crippen molar-refractivity contribution in [1.29, 1.82) is 5.41 Å². The number of aliphatic hydroxyl groups excluding tert-OH is 3. The molecule has 7 atom stereocenters. The smallest absolute Gasteiger partial charge is 0.284 e. The number of aliphatic hydroxyl groups is 3. The Morgan fingerprint density at radius 1 is 0.870 bits per heavy atom. The van der Waals surface area contributed by atoms with Gasteiger partial charge < -0.3 is 34.6 Å². The Morgan fingerprint density at radius 3 is 2.37 bits per heavy atom. The third-order valence-corrected chi connectivity index (χ3v) is 11.6. The highest BCUT2D eigenvalue weighted by Crippen LogP contribution is 2.50. The molecule has 4 aliphatic heterocycles. The minimum Gasteiger partial charge on any atom is -0.504 e. The number of para-hydroxylation sites is 1. The van der Waals surface area contributed by atoms with E-state index in [1.807, 2.05) is 24.3 Å². The van der Waals surface area contributed by atoms with E-state index in [0.29, 0.717) is 29.0 Å². The van der Waals surface area contributed by atoms with Crippen LogP contribution in [0.5, 0.6) is 11.5 Å². The fourth-order valence-electron chi connectivity index (χ4n) is 8.98. The van der Waals surface area contributed by atoms with E-state index in [1.165, 1.54) is 12.1 Å². The van der Waals surface area contributed by atoms with E-state index >= 15 is 0 Å². The molecule has 278 valence electrons. The molecule has 7 N–H and O–H groups in total. The van der Waals surface area contributed by atoms with Gasteiger partial charge in [0.1, 0.15) is 30.1 Å². The molecule has 54 heavy (non-hydrogen) atoms. The summed E-state index contributed by atoms with van der Waals surface area (Å²) in [5.74, 6) is -3.28. The number of hydrogen-bond donors (Lipinski definition) is 7. The largest absolute Gasteiger partial charge is 0.504 e. The van der Waals surface area contributed by atoms with Crippen molar-refractivity contribution in [3.05, 3.63) is 88.0 Å². The van der Waals surface area contributed by atoms with Gasteiger partial charge in [0, 0.05) is 40.3 Å². The first-order valence-electron chi connectivity index (χ1n) is 18.2.